The van der Waals surface area contributed by atoms with Gasteiger partial charge in [0.25, 0.3) is 0 Å². The van der Waals surface area contributed by atoms with Gasteiger partial charge in [0.05, 0.1) is 18.3 Å². The number of aliphatic hydroxyl groups excluding tert-OH is 3. The van der Waals surface area contributed by atoms with Gasteiger partial charge in [-0.2, -0.15) is 5.26 Å². The van der Waals surface area contributed by atoms with Crippen molar-refractivity contribution in [2.24, 2.45) is 0 Å². The van der Waals surface area contributed by atoms with Crippen LogP contribution in [-0.2, 0) is 12.8 Å². The van der Waals surface area contributed by atoms with Gasteiger partial charge in [-0.3, -0.25) is 0 Å². The van der Waals surface area contributed by atoms with Gasteiger partial charge in [-0.25, -0.2) is 10.9 Å². The van der Waals surface area contributed by atoms with Crippen LogP contribution in [0.15, 0.2) is 42.5 Å². The SMILES string of the molecule is Cc1ccc([C@H]2[C@H](O)[C@H](O)[C@H](O)C[SH]2C)cc1Cc1ccc(CCCC#N)cc1. The highest BCUT2D eigenvalue weighted by atomic mass is 32.2. The van der Waals surface area contributed by atoms with E-state index in [0.29, 0.717) is 12.2 Å². The van der Waals surface area contributed by atoms with Crippen LogP contribution < -0.4 is 0 Å². The van der Waals surface area contributed by atoms with Crippen molar-refractivity contribution < 1.29 is 15.3 Å². The third-order valence-electron chi connectivity index (χ3n) is 5.90. The minimum Gasteiger partial charge on any atom is -0.390 e. The number of thiol groups is 1. The smallest absolute Gasteiger partial charge is 0.108 e. The Kier molecular flexibility index (Phi) is 7.37. The molecule has 5 heteroatoms. The summed E-state index contributed by atoms with van der Waals surface area (Å²) < 4.78 is 0. The number of hydrogen-bond acceptors (Lipinski definition) is 4. The van der Waals surface area contributed by atoms with Gasteiger partial charge in [0.15, 0.2) is 0 Å². The average molecular weight is 414 g/mol. The average Bonchev–Trinajstić information content (AvgIpc) is 2.70. The van der Waals surface area contributed by atoms with Crippen molar-refractivity contribution in [1.82, 2.24) is 0 Å². The Balaban J connectivity index is 1.76. The normalized spacial score (nSPS) is 28.1. The first-order valence-corrected chi connectivity index (χ1v) is 12.2. The molecule has 29 heavy (non-hydrogen) atoms. The lowest BCUT2D eigenvalue weighted by molar-refractivity contribution is -0.0561. The molecule has 0 aromatic heterocycles. The molecule has 1 fully saturated rings. The quantitative estimate of drug-likeness (QED) is 0.433. The Hall–Kier alpha value is -1.84. The van der Waals surface area contributed by atoms with Crippen LogP contribution in [0.25, 0.3) is 0 Å². The van der Waals surface area contributed by atoms with E-state index in [1.165, 1.54) is 22.3 Å². The number of nitrogens with zero attached hydrogens (tertiary/aromatic N) is 1. The van der Waals surface area contributed by atoms with Crippen LogP contribution in [0.2, 0.25) is 0 Å². The monoisotopic (exact) mass is 413 g/mol. The predicted molar refractivity (Wildman–Crippen MR) is 120 cm³/mol. The van der Waals surface area contributed by atoms with Gasteiger partial charge in [-0.05, 0) is 60.3 Å². The molecule has 3 N–H and O–H groups in total. The maximum Gasteiger partial charge on any atom is 0.108 e. The molecule has 0 radical (unpaired) electrons. The van der Waals surface area contributed by atoms with E-state index in [1.807, 2.05) is 6.07 Å². The summed E-state index contributed by atoms with van der Waals surface area (Å²) >= 11 is 0. The first-order chi connectivity index (χ1) is 13.9. The summed E-state index contributed by atoms with van der Waals surface area (Å²) in [5.74, 6) is 0.550. The van der Waals surface area contributed by atoms with E-state index in [2.05, 4.69) is 55.6 Å². The van der Waals surface area contributed by atoms with Gasteiger partial charge in [-0.1, -0.05) is 42.5 Å². The molecule has 1 unspecified atom stereocenters. The summed E-state index contributed by atoms with van der Waals surface area (Å²) in [4.78, 5) is 0. The fourth-order valence-electron chi connectivity index (χ4n) is 4.12. The predicted octanol–water partition coefficient (Wildman–Crippen LogP) is 3.20. The van der Waals surface area contributed by atoms with E-state index in [0.717, 1.165) is 24.8 Å². The molecule has 0 saturated carbocycles. The minimum absolute atomic E-state index is 0.120. The number of rotatable bonds is 6. The van der Waals surface area contributed by atoms with Crippen LogP contribution in [-0.4, -0.2) is 45.6 Å². The molecule has 0 amide bonds. The Labute approximate surface area is 176 Å². The van der Waals surface area contributed by atoms with Gasteiger partial charge in [0.1, 0.15) is 6.10 Å². The standard InChI is InChI=1S/C24H31NO3S/c1-16-6-11-19(24-23(28)22(27)21(26)15-29(24)2)14-20(16)13-18-9-7-17(8-10-18)5-3-4-12-25/h6-11,14,21-24,26-29H,3-5,13,15H2,1-2H3/t21-,22-,23-,24+/m1/s1. The largest absolute Gasteiger partial charge is 0.390 e. The second-order valence-corrected chi connectivity index (χ2v) is 10.6. The molecule has 5 atom stereocenters. The zero-order valence-corrected chi connectivity index (χ0v) is 18.0. The van der Waals surface area contributed by atoms with Gasteiger partial charge in [-0.15, -0.1) is 0 Å². The molecule has 1 saturated heterocycles. The van der Waals surface area contributed by atoms with Crippen molar-refractivity contribution >= 4 is 10.9 Å². The van der Waals surface area contributed by atoms with Gasteiger partial charge in [0, 0.05) is 17.4 Å². The zero-order chi connectivity index (χ0) is 21.0. The highest BCUT2D eigenvalue weighted by Crippen LogP contribution is 2.48. The molecular formula is C24H31NO3S. The van der Waals surface area contributed by atoms with Gasteiger partial charge in [0.2, 0.25) is 0 Å². The molecule has 1 aliphatic heterocycles. The number of benzene rings is 2. The van der Waals surface area contributed by atoms with Crippen molar-refractivity contribution in [2.75, 3.05) is 12.0 Å². The molecule has 2 aromatic rings. The van der Waals surface area contributed by atoms with Crippen LogP contribution in [0, 0.1) is 18.3 Å². The molecule has 1 heterocycles. The molecule has 2 aromatic carbocycles. The van der Waals surface area contributed by atoms with Crippen molar-refractivity contribution in [3.05, 3.63) is 70.3 Å². The van der Waals surface area contributed by atoms with E-state index in [-0.39, 0.29) is 5.25 Å². The van der Waals surface area contributed by atoms with E-state index >= 15 is 0 Å². The van der Waals surface area contributed by atoms with Gasteiger partial charge < -0.3 is 15.3 Å². The minimum atomic E-state index is -1.09. The van der Waals surface area contributed by atoms with Crippen LogP contribution in [0.4, 0.5) is 0 Å². The summed E-state index contributed by atoms with van der Waals surface area (Å²) in [7, 11) is -0.613. The number of aryl methyl sites for hydroxylation is 2. The Morgan fingerprint density at radius 2 is 1.72 bits per heavy atom. The van der Waals surface area contributed by atoms with Crippen LogP contribution >= 0.6 is 10.9 Å². The van der Waals surface area contributed by atoms with E-state index in [1.54, 1.807) is 0 Å². The second kappa shape index (κ2) is 9.77. The maximum absolute atomic E-state index is 10.6. The summed E-state index contributed by atoms with van der Waals surface area (Å²) in [6, 6.07) is 17.1. The second-order valence-electron chi connectivity index (χ2n) is 8.12. The third-order valence-corrected chi connectivity index (χ3v) is 8.41. The lowest BCUT2D eigenvalue weighted by Gasteiger charge is -2.42. The molecule has 1 aliphatic rings. The van der Waals surface area contributed by atoms with E-state index in [9.17, 15) is 15.3 Å². The van der Waals surface area contributed by atoms with Crippen molar-refractivity contribution in [2.45, 2.75) is 56.2 Å². The van der Waals surface area contributed by atoms with Crippen molar-refractivity contribution in [3.8, 4) is 6.07 Å². The molecule has 0 aliphatic carbocycles. The first kappa shape index (κ1) is 21.9. The fraction of sp³-hybridized carbons (Fsp3) is 0.458. The molecule has 3 rings (SSSR count). The summed E-state index contributed by atoms with van der Waals surface area (Å²) in [5.41, 5.74) is 5.96. The highest BCUT2D eigenvalue weighted by Gasteiger charge is 2.40. The van der Waals surface area contributed by atoms with Crippen LogP contribution in [0.1, 0.15) is 45.9 Å². The molecule has 0 bridgehead atoms. The Morgan fingerprint density at radius 1 is 1.03 bits per heavy atom. The summed E-state index contributed by atoms with van der Waals surface area (Å²) in [6.07, 6.45) is 2.45. The molecule has 0 spiro atoms. The van der Waals surface area contributed by atoms with Crippen molar-refractivity contribution in [1.29, 1.82) is 5.26 Å². The highest BCUT2D eigenvalue weighted by molar-refractivity contribution is 8.16. The van der Waals surface area contributed by atoms with Crippen LogP contribution in [0.5, 0.6) is 0 Å². The zero-order valence-electron chi connectivity index (χ0n) is 17.1. The summed E-state index contributed by atoms with van der Waals surface area (Å²) in [5, 5.41) is 39.2. The summed E-state index contributed by atoms with van der Waals surface area (Å²) in [6.45, 7) is 2.10. The first-order valence-electron chi connectivity index (χ1n) is 10.2. The van der Waals surface area contributed by atoms with Crippen LogP contribution in [0.3, 0.4) is 0 Å². The Morgan fingerprint density at radius 3 is 2.41 bits per heavy atom. The third kappa shape index (κ3) is 5.21. The lowest BCUT2D eigenvalue weighted by atomic mass is 9.93. The molecule has 156 valence electrons. The fourth-order valence-corrected chi connectivity index (χ4v) is 6.53. The van der Waals surface area contributed by atoms with E-state index in [4.69, 9.17) is 5.26 Å². The number of unbranched alkanes of at least 4 members (excludes halogenated alkanes) is 1. The molecule has 4 nitrogen and oxygen atoms in total. The number of hydrogen-bond donors (Lipinski definition) is 4. The maximum atomic E-state index is 10.6. The number of aliphatic hydroxyl groups is 3. The van der Waals surface area contributed by atoms with Crippen molar-refractivity contribution in [3.63, 3.8) is 0 Å². The molecular weight excluding hydrogens is 382 g/mol. The number of nitriles is 1. The van der Waals surface area contributed by atoms with Gasteiger partial charge >= 0.3 is 0 Å². The topological polar surface area (TPSA) is 84.5 Å². The van der Waals surface area contributed by atoms with E-state index < -0.39 is 29.2 Å². The Bertz CT molecular complexity index is 861. The lowest BCUT2D eigenvalue weighted by Crippen LogP contribution is -2.47.